The summed E-state index contributed by atoms with van der Waals surface area (Å²) in [7, 11) is 0. The molecular weight excluding hydrogens is 172 g/mol. The van der Waals surface area contributed by atoms with Crippen LogP contribution in [-0.4, -0.2) is 19.7 Å². The van der Waals surface area contributed by atoms with Crippen LogP contribution in [0.2, 0.25) is 0 Å². The van der Waals surface area contributed by atoms with E-state index in [0.29, 0.717) is 36.9 Å². The summed E-state index contributed by atoms with van der Waals surface area (Å²) in [4.78, 5) is 10.1. The van der Waals surface area contributed by atoms with Crippen LogP contribution in [0.1, 0.15) is 0 Å². The number of carbonyl (C=O) groups excluding carboxylic acids is 1. The second-order valence-corrected chi connectivity index (χ2v) is 2.49. The lowest BCUT2D eigenvalue weighted by Gasteiger charge is -2.19. The van der Waals surface area contributed by atoms with E-state index in [0.717, 1.165) is 0 Å². The molecule has 0 bridgehead atoms. The molecule has 1 aliphatic rings. The van der Waals surface area contributed by atoms with Crippen molar-refractivity contribution in [3.8, 4) is 17.2 Å². The van der Waals surface area contributed by atoms with Gasteiger partial charge in [-0.1, -0.05) is 6.07 Å². The largest absolute Gasteiger partial charge is 0.486 e. The van der Waals surface area contributed by atoms with Crippen LogP contribution in [0.4, 0.5) is 0 Å². The van der Waals surface area contributed by atoms with Crippen molar-refractivity contribution in [2.75, 3.05) is 13.2 Å². The van der Waals surface area contributed by atoms with Gasteiger partial charge in [0.2, 0.25) is 5.75 Å². The molecular formula is C9H8O4. The molecule has 0 aliphatic carbocycles. The molecule has 0 N–H and O–H groups in total. The number of benzene rings is 1. The first-order chi connectivity index (χ1) is 6.42. The highest BCUT2D eigenvalue weighted by molar-refractivity contribution is 5.56. The van der Waals surface area contributed by atoms with Gasteiger partial charge in [-0.05, 0) is 12.1 Å². The Morgan fingerprint density at radius 2 is 2.15 bits per heavy atom. The number of hydrogen-bond donors (Lipinski definition) is 0. The van der Waals surface area contributed by atoms with E-state index in [2.05, 4.69) is 0 Å². The second-order valence-electron chi connectivity index (χ2n) is 2.49. The van der Waals surface area contributed by atoms with Gasteiger partial charge in [0.15, 0.2) is 11.5 Å². The van der Waals surface area contributed by atoms with Gasteiger partial charge < -0.3 is 14.2 Å². The van der Waals surface area contributed by atoms with Crippen molar-refractivity contribution in [2.45, 2.75) is 0 Å². The van der Waals surface area contributed by atoms with E-state index in [1.807, 2.05) is 0 Å². The molecule has 13 heavy (non-hydrogen) atoms. The average molecular weight is 180 g/mol. The molecule has 4 nitrogen and oxygen atoms in total. The monoisotopic (exact) mass is 180 g/mol. The van der Waals surface area contributed by atoms with Gasteiger partial charge in [0, 0.05) is 0 Å². The van der Waals surface area contributed by atoms with E-state index in [-0.39, 0.29) is 0 Å². The molecule has 0 fully saturated rings. The highest BCUT2D eigenvalue weighted by atomic mass is 16.6. The Hall–Kier alpha value is -1.71. The lowest BCUT2D eigenvalue weighted by molar-refractivity contribution is -0.120. The topological polar surface area (TPSA) is 44.8 Å². The minimum absolute atomic E-state index is 0.369. The molecule has 1 aromatic rings. The molecule has 0 radical (unpaired) electrons. The molecule has 0 saturated heterocycles. The van der Waals surface area contributed by atoms with Crippen LogP contribution in [0.5, 0.6) is 17.2 Å². The van der Waals surface area contributed by atoms with Gasteiger partial charge in [0.1, 0.15) is 13.2 Å². The predicted octanol–water partition coefficient (Wildman–Crippen LogP) is 0.993. The summed E-state index contributed by atoms with van der Waals surface area (Å²) < 4.78 is 15.3. The molecule has 4 heteroatoms. The van der Waals surface area contributed by atoms with Crippen LogP contribution in [0, 0.1) is 0 Å². The van der Waals surface area contributed by atoms with Gasteiger partial charge in [0.05, 0.1) is 0 Å². The second kappa shape index (κ2) is 3.35. The van der Waals surface area contributed by atoms with E-state index >= 15 is 0 Å². The summed E-state index contributed by atoms with van der Waals surface area (Å²) in [6.07, 6.45) is 0. The fourth-order valence-corrected chi connectivity index (χ4v) is 1.19. The minimum Gasteiger partial charge on any atom is -0.486 e. The molecule has 0 unspecified atom stereocenters. The number of hydrogen-bond acceptors (Lipinski definition) is 4. The van der Waals surface area contributed by atoms with Gasteiger partial charge in [-0.25, -0.2) is 0 Å². The van der Waals surface area contributed by atoms with Crippen LogP contribution in [0.3, 0.4) is 0 Å². The molecule has 0 amide bonds. The lowest BCUT2D eigenvalue weighted by Crippen LogP contribution is -2.15. The van der Waals surface area contributed by atoms with E-state index in [1.54, 1.807) is 18.2 Å². The molecule has 2 rings (SSSR count). The van der Waals surface area contributed by atoms with Crippen molar-refractivity contribution in [1.82, 2.24) is 0 Å². The van der Waals surface area contributed by atoms with Gasteiger partial charge in [0.25, 0.3) is 6.47 Å². The quantitative estimate of drug-likeness (QED) is 0.637. The zero-order valence-corrected chi connectivity index (χ0v) is 6.86. The molecule has 0 atom stereocenters. The summed E-state index contributed by atoms with van der Waals surface area (Å²) in [5, 5.41) is 0. The first-order valence-electron chi connectivity index (χ1n) is 3.91. The number of para-hydroxylation sites is 1. The van der Waals surface area contributed by atoms with Crippen molar-refractivity contribution in [3.05, 3.63) is 18.2 Å². The summed E-state index contributed by atoms with van der Waals surface area (Å²) in [6.45, 7) is 1.37. The highest BCUT2D eigenvalue weighted by Gasteiger charge is 2.16. The van der Waals surface area contributed by atoms with E-state index in [4.69, 9.17) is 14.2 Å². The average Bonchev–Trinajstić information content (AvgIpc) is 2.19. The van der Waals surface area contributed by atoms with Crippen LogP contribution < -0.4 is 14.2 Å². The Labute approximate surface area is 75.0 Å². The van der Waals surface area contributed by atoms with Gasteiger partial charge in [-0.3, -0.25) is 4.79 Å². The van der Waals surface area contributed by atoms with Crippen LogP contribution in [0.25, 0.3) is 0 Å². The van der Waals surface area contributed by atoms with Crippen molar-refractivity contribution in [2.24, 2.45) is 0 Å². The maximum absolute atomic E-state index is 10.1. The SMILES string of the molecule is O=COc1cccc2c1OCCO2. The number of rotatable bonds is 2. The fraction of sp³-hybridized carbons (Fsp3) is 0.222. The van der Waals surface area contributed by atoms with Crippen molar-refractivity contribution in [3.63, 3.8) is 0 Å². The summed E-state index contributed by atoms with van der Waals surface area (Å²) in [5.74, 6) is 1.51. The van der Waals surface area contributed by atoms with Crippen LogP contribution in [-0.2, 0) is 4.79 Å². The van der Waals surface area contributed by atoms with Crippen LogP contribution >= 0.6 is 0 Å². The first-order valence-corrected chi connectivity index (χ1v) is 3.91. The first kappa shape index (κ1) is 7.91. The maximum Gasteiger partial charge on any atom is 0.298 e. The third-order valence-corrected chi connectivity index (χ3v) is 1.71. The summed E-state index contributed by atoms with van der Waals surface area (Å²) >= 11 is 0. The molecule has 1 aliphatic heterocycles. The van der Waals surface area contributed by atoms with Gasteiger partial charge in [-0.2, -0.15) is 0 Å². The predicted molar refractivity (Wildman–Crippen MR) is 44.1 cm³/mol. The van der Waals surface area contributed by atoms with E-state index < -0.39 is 0 Å². The van der Waals surface area contributed by atoms with Gasteiger partial charge >= 0.3 is 0 Å². The molecule has 0 spiro atoms. The van der Waals surface area contributed by atoms with Crippen molar-refractivity contribution >= 4 is 6.47 Å². The Morgan fingerprint density at radius 3 is 3.00 bits per heavy atom. The summed E-state index contributed by atoms with van der Waals surface area (Å²) in [5.41, 5.74) is 0. The zero-order valence-electron chi connectivity index (χ0n) is 6.86. The standard InChI is InChI=1S/C9H8O4/c10-6-13-8-3-1-2-7-9(8)12-5-4-11-7/h1-3,6H,4-5H2. The number of fused-ring (bicyclic) bond motifs is 1. The highest BCUT2D eigenvalue weighted by Crippen LogP contribution is 2.38. The number of carbonyl (C=O) groups is 1. The Bertz CT molecular complexity index is 321. The van der Waals surface area contributed by atoms with Crippen LogP contribution in [0.15, 0.2) is 18.2 Å². The Kier molecular flexibility index (Phi) is 2.04. The molecule has 0 saturated carbocycles. The van der Waals surface area contributed by atoms with Crippen molar-refractivity contribution < 1.29 is 19.0 Å². The van der Waals surface area contributed by atoms with E-state index in [9.17, 15) is 4.79 Å². The lowest BCUT2D eigenvalue weighted by atomic mass is 10.3. The Balaban J connectivity index is 2.39. The molecule has 1 heterocycles. The molecule has 0 aromatic heterocycles. The molecule has 1 aromatic carbocycles. The number of ether oxygens (including phenoxy) is 3. The molecule has 68 valence electrons. The zero-order chi connectivity index (χ0) is 9.10. The Morgan fingerprint density at radius 1 is 1.31 bits per heavy atom. The summed E-state index contributed by atoms with van der Waals surface area (Å²) in [6, 6.07) is 5.17. The maximum atomic E-state index is 10.1. The minimum atomic E-state index is 0.369. The third kappa shape index (κ3) is 1.42. The smallest absolute Gasteiger partial charge is 0.298 e. The van der Waals surface area contributed by atoms with E-state index in [1.165, 1.54) is 0 Å². The van der Waals surface area contributed by atoms with Crippen molar-refractivity contribution in [1.29, 1.82) is 0 Å². The normalized spacial score (nSPS) is 13.5. The fourth-order valence-electron chi connectivity index (χ4n) is 1.19. The van der Waals surface area contributed by atoms with Gasteiger partial charge in [-0.15, -0.1) is 0 Å². The third-order valence-electron chi connectivity index (χ3n) is 1.71.